The van der Waals surface area contributed by atoms with Crippen LogP contribution in [0.4, 0.5) is 0 Å². The van der Waals surface area contributed by atoms with E-state index in [0.717, 1.165) is 11.1 Å². The number of hydrogen-bond acceptors (Lipinski definition) is 4. The fourth-order valence-electron chi connectivity index (χ4n) is 2.01. The number of carbonyl (C=O) groups excluding carboxylic acids is 1. The van der Waals surface area contributed by atoms with Gasteiger partial charge in [-0.3, -0.25) is 4.79 Å². The summed E-state index contributed by atoms with van der Waals surface area (Å²) in [7, 11) is 0. The second-order valence-corrected chi connectivity index (χ2v) is 5.15. The fourth-order valence-corrected chi connectivity index (χ4v) is 2.22. The highest BCUT2D eigenvalue weighted by Gasteiger charge is 2.08. The molecule has 0 atom stereocenters. The zero-order valence-electron chi connectivity index (χ0n) is 11.5. The third-order valence-electron chi connectivity index (χ3n) is 3.09. The van der Waals surface area contributed by atoms with Gasteiger partial charge in [0.25, 0.3) is 0 Å². The SMILES string of the molecule is NC(=O)c1ccc(-c2nnn(Cc3cccc(Cl)c3)n2)cc1. The lowest BCUT2D eigenvalue weighted by Gasteiger charge is -2.00. The number of nitrogens with zero attached hydrogens (tertiary/aromatic N) is 4. The Morgan fingerprint density at radius 3 is 2.64 bits per heavy atom. The first-order chi connectivity index (χ1) is 10.6. The molecule has 3 rings (SSSR count). The molecule has 2 aromatic carbocycles. The van der Waals surface area contributed by atoms with Crippen LogP contribution in [-0.2, 0) is 6.54 Å². The molecule has 1 amide bonds. The zero-order valence-corrected chi connectivity index (χ0v) is 12.2. The van der Waals surface area contributed by atoms with Crippen molar-refractivity contribution in [3.8, 4) is 11.4 Å². The maximum atomic E-state index is 11.0. The number of aromatic nitrogens is 4. The van der Waals surface area contributed by atoms with E-state index in [1.54, 1.807) is 24.3 Å². The van der Waals surface area contributed by atoms with Crippen molar-refractivity contribution in [2.24, 2.45) is 5.73 Å². The summed E-state index contributed by atoms with van der Waals surface area (Å²) in [5.74, 6) is 0.0159. The molecule has 0 aliphatic heterocycles. The Hall–Kier alpha value is -2.73. The molecule has 1 heterocycles. The van der Waals surface area contributed by atoms with Gasteiger partial charge in [-0.2, -0.15) is 4.80 Å². The second kappa shape index (κ2) is 5.95. The van der Waals surface area contributed by atoms with Crippen molar-refractivity contribution in [3.05, 3.63) is 64.7 Å². The Labute approximate surface area is 131 Å². The third-order valence-corrected chi connectivity index (χ3v) is 3.33. The molecule has 0 bridgehead atoms. The van der Waals surface area contributed by atoms with Gasteiger partial charge in [-0.15, -0.1) is 10.2 Å². The van der Waals surface area contributed by atoms with Gasteiger partial charge < -0.3 is 5.73 Å². The van der Waals surface area contributed by atoms with Crippen LogP contribution < -0.4 is 5.73 Å². The van der Waals surface area contributed by atoms with Crippen molar-refractivity contribution in [2.45, 2.75) is 6.54 Å². The highest BCUT2D eigenvalue weighted by Crippen LogP contribution is 2.15. The molecule has 0 fully saturated rings. The average molecular weight is 314 g/mol. The molecule has 7 heteroatoms. The average Bonchev–Trinajstić information content (AvgIpc) is 2.96. The van der Waals surface area contributed by atoms with Crippen LogP contribution in [0.25, 0.3) is 11.4 Å². The molecule has 0 saturated carbocycles. The molecule has 2 N–H and O–H groups in total. The monoisotopic (exact) mass is 313 g/mol. The van der Waals surface area contributed by atoms with Crippen LogP contribution in [0.15, 0.2) is 48.5 Å². The van der Waals surface area contributed by atoms with E-state index in [4.69, 9.17) is 17.3 Å². The van der Waals surface area contributed by atoms with E-state index in [9.17, 15) is 4.79 Å². The van der Waals surface area contributed by atoms with Crippen LogP contribution in [0.5, 0.6) is 0 Å². The number of hydrogen-bond donors (Lipinski definition) is 1. The van der Waals surface area contributed by atoms with Gasteiger partial charge >= 0.3 is 0 Å². The van der Waals surface area contributed by atoms with Crippen molar-refractivity contribution >= 4 is 17.5 Å². The lowest BCUT2D eigenvalue weighted by Crippen LogP contribution is -2.10. The van der Waals surface area contributed by atoms with Gasteiger partial charge in [0.05, 0.1) is 6.54 Å². The topological polar surface area (TPSA) is 86.7 Å². The lowest BCUT2D eigenvalue weighted by atomic mass is 10.1. The number of rotatable bonds is 4. The maximum Gasteiger partial charge on any atom is 0.248 e. The highest BCUT2D eigenvalue weighted by molar-refractivity contribution is 6.30. The first-order valence-corrected chi connectivity index (χ1v) is 6.92. The first kappa shape index (κ1) is 14.2. The molecule has 0 radical (unpaired) electrons. The quantitative estimate of drug-likeness (QED) is 0.799. The summed E-state index contributed by atoms with van der Waals surface area (Å²) in [6.07, 6.45) is 0. The number of nitrogens with two attached hydrogens (primary N) is 1. The van der Waals surface area contributed by atoms with Gasteiger partial charge in [-0.25, -0.2) is 0 Å². The lowest BCUT2D eigenvalue weighted by molar-refractivity contribution is 0.100. The standard InChI is InChI=1S/C15H12ClN5O/c16-13-3-1-2-10(8-13)9-21-19-15(18-20-21)12-6-4-11(5-7-12)14(17)22/h1-8H,9H2,(H2,17,22). The number of benzene rings is 2. The van der Waals surface area contributed by atoms with E-state index in [-0.39, 0.29) is 0 Å². The largest absolute Gasteiger partial charge is 0.366 e. The van der Waals surface area contributed by atoms with Gasteiger partial charge in [-0.05, 0) is 35.0 Å². The molecule has 0 aliphatic rings. The summed E-state index contributed by atoms with van der Waals surface area (Å²) in [5, 5.41) is 13.0. The van der Waals surface area contributed by atoms with Crippen LogP contribution in [0.1, 0.15) is 15.9 Å². The Morgan fingerprint density at radius 1 is 1.18 bits per heavy atom. The summed E-state index contributed by atoms with van der Waals surface area (Å²) in [6.45, 7) is 0.479. The molecular weight excluding hydrogens is 302 g/mol. The van der Waals surface area contributed by atoms with E-state index >= 15 is 0 Å². The fraction of sp³-hybridized carbons (Fsp3) is 0.0667. The van der Waals surface area contributed by atoms with E-state index in [1.165, 1.54) is 4.80 Å². The molecule has 0 aliphatic carbocycles. The second-order valence-electron chi connectivity index (χ2n) is 4.71. The van der Waals surface area contributed by atoms with Gasteiger partial charge in [0.1, 0.15) is 0 Å². The predicted molar refractivity (Wildman–Crippen MR) is 82.3 cm³/mol. The van der Waals surface area contributed by atoms with Gasteiger partial charge in [0.15, 0.2) is 0 Å². The van der Waals surface area contributed by atoms with Crippen molar-refractivity contribution in [1.82, 2.24) is 20.2 Å². The maximum absolute atomic E-state index is 11.0. The minimum Gasteiger partial charge on any atom is -0.366 e. The van der Waals surface area contributed by atoms with E-state index in [1.807, 2.05) is 24.3 Å². The Morgan fingerprint density at radius 2 is 1.95 bits per heavy atom. The van der Waals surface area contributed by atoms with Crippen LogP contribution in [0.3, 0.4) is 0 Å². The van der Waals surface area contributed by atoms with Crippen molar-refractivity contribution < 1.29 is 4.79 Å². The number of primary amides is 1. The summed E-state index contributed by atoms with van der Waals surface area (Å²) in [5.41, 5.74) is 7.40. The van der Waals surface area contributed by atoms with Crippen LogP contribution in [0.2, 0.25) is 5.02 Å². The molecular formula is C15H12ClN5O. The molecule has 110 valence electrons. The molecule has 22 heavy (non-hydrogen) atoms. The molecule has 1 aromatic heterocycles. The number of tetrazole rings is 1. The summed E-state index contributed by atoms with van der Waals surface area (Å²) < 4.78 is 0. The third kappa shape index (κ3) is 3.12. The minimum atomic E-state index is -0.468. The van der Waals surface area contributed by atoms with E-state index in [2.05, 4.69) is 15.4 Å². The van der Waals surface area contributed by atoms with Crippen molar-refractivity contribution in [1.29, 1.82) is 0 Å². The zero-order chi connectivity index (χ0) is 15.5. The molecule has 6 nitrogen and oxygen atoms in total. The molecule has 3 aromatic rings. The molecule has 0 spiro atoms. The predicted octanol–water partition coefficient (Wildman–Crippen LogP) is 2.14. The van der Waals surface area contributed by atoms with Gasteiger partial charge in [0.2, 0.25) is 11.7 Å². The Bertz CT molecular complexity index is 813. The highest BCUT2D eigenvalue weighted by atomic mass is 35.5. The molecule has 0 saturated heterocycles. The number of amides is 1. The van der Waals surface area contributed by atoms with Gasteiger partial charge in [0, 0.05) is 16.1 Å². The first-order valence-electron chi connectivity index (χ1n) is 6.54. The van der Waals surface area contributed by atoms with E-state index < -0.39 is 5.91 Å². The smallest absolute Gasteiger partial charge is 0.248 e. The van der Waals surface area contributed by atoms with E-state index in [0.29, 0.717) is 23.0 Å². The Kier molecular flexibility index (Phi) is 3.84. The summed E-state index contributed by atoms with van der Waals surface area (Å²) >= 11 is 5.95. The van der Waals surface area contributed by atoms with Crippen molar-refractivity contribution in [2.75, 3.05) is 0 Å². The number of carbonyl (C=O) groups is 1. The summed E-state index contributed by atoms with van der Waals surface area (Å²) in [4.78, 5) is 12.5. The van der Waals surface area contributed by atoms with Crippen LogP contribution in [0, 0.1) is 0 Å². The normalized spacial score (nSPS) is 10.6. The van der Waals surface area contributed by atoms with Crippen LogP contribution >= 0.6 is 11.6 Å². The Balaban J connectivity index is 1.80. The van der Waals surface area contributed by atoms with Gasteiger partial charge in [-0.1, -0.05) is 35.9 Å². The van der Waals surface area contributed by atoms with Crippen molar-refractivity contribution in [3.63, 3.8) is 0 Å². The summed E-state index contributed by atoms with van der Waals surface area (Å²) in [6, 6.07) is 14.2. The van der Waals surface area contributed by atoms with Crippen LogP contribution in [-0.4, -0.2) is 26.1 Å². The molecule has 0 unspecified atom stereocenters. The minimum absolute atomic E-state index is 0.440. The number of halogens is 1.